The van der Waals surface area contributed by atoms with Gasteiger partial charge in [0.25, 0.3) is 0 Å². The van der Waals surface area contributed by atoms with E-state index in [1.807, 2.05) is 44.3 Å². The highest BCUT2D eigenvalue weighted by atomic mass is 32.3. The minimum Gasteiger partial charge on any atom is -0.487 e. The number of carbonyl (C=O) groups is 1. The molecule has 1 aromatic heterocycles. The van der Waals surface area contributed by atoms with E-state index in [1.54, 1.807) is 34.2 Å². The number of fused-ring (bicyclic) bond motifs is 1. The van der Waals surface area contributed by atoms with Crippen molar-refractivity contribution in [1.29, 1.82) is 0 Å². The van der Waals surface area contributed by atoms with Crippen molar-refractivity contribution >= 4 is 16.7 Å². The standard InChI is InChI=1S/C25H32N4O5S/c1-17-8-9-19(20(13-25(30)31)10-11-22-16-28(3)27-26-22)12-21(17)15-29-14-18(2)34-23-6-4-5-7-24(23)35(29,32)33/h4-9,12,16,18,20,32-33H,10-11,13-15H2,1-3H3,(H,30,31)/t18-,20?/m1/s1. The van der Waals surface area contributed by atoms with Crippen molar-refractivity contribution in [3.63, 3.8) is 0 Å². The molecule has 9 nitrogen and oxygen atoms in total. The van der Waals surface area contributed by atoms with Crippen LogP contribution in [0.2, 0.25) is 0 Å². The molecule has 3 aromatic rings. The molecule has 1 aliphatic heterocycles. The Balaban J connectivity index is 1.60. The minimum atomic E-state index is -3.27. The van der Waals surface area contributed by atoms with Crippen molar-refractivity contribution in [2.75, 3.05) is 6.54 Å². The van der Waals surface area contributed by atoms with E-state index in [0.29, 0.717) is 36.6 Å². The fourth-order valence-electron chi connectivity index (χ4n) is 4.45. The number of hydrogen-bond donors (Lipinski definition) is 3. The zero-order valence-electron chi connectivity index (χ0n) is 20.2. The molecule has 188 valence electrons. The molecule has 35 heavy (non-hydrogen) atoms. The molecule has 2 atom stereocenters. The average molecular weight is 501 g/mol. The van der Waals surface area contributed by atoms with Gasteiger partial charge in [0.2, 0.25) is 0 Å². The second-order valence-corrected chi connectivity index (χ2v) is 11.1. The van der Waals surface area contributed by atoms with E-state index in [4.69, 9.17) is 4.74 Å². The molecular formula is C25H32N4O5S. The van der Waals surface area contributed by atoms with E-state index < -0.39 is 16.7 Å². The zero-order valence-corrected chi connectivity index (χ0v) is 21.0. The lowest BCUT2D eigenvalue weighted by Crippen LogP contribution is -2.33. The van der Waals surface area contributed by atoms with Crippen LogP contribution in [-0.2, 0) is 24.8 Å². The molecule has 0 amide bonds. The van der Waals surface area contributed by atoms with Crippen LogP contribution in [0, 0.1) is 6.92 Å². The van der Waals surface area contributed by atoms with Crippen LogP contribution >= 0.6 is 10.8 Å². The maximum atomic E-state index is 11.6. The normalized spacial score (nSPS) is 19.3. The molecule has 4 rings (SSSR count). The van der Waals surface area contributed by atoms with Crippen molar-refractivity contribution in [2.45, 2.75) is 56.6 Å². The highest BCUT2D eigenvalue weighted by molar-refractivity contribution is 8.22. The average Bonchev–Trinajstić information content (AvgIpc) is 3.18. The Bertz CT molecular complexity index is 1200. The fraction of sp³-hybridized carbons (Fsp3) is 0.400. The van der Waals surface area contributed by atoms with Gasteiger partial charge in [-0.15, -0.1) is 15.9 Å². The van der Waals surface area contributed by atoms with Gasteiger partial charge in [-0.05, 0) is 61.4 Å². The van der Waals surface area contributed by atoms with Crippen molar-refractivity contribution < 1.29 is 23.7 Å². The summed E-state index contributed by atoms with van der Waals surface area (Å²) in [6.07, 6.45) is 2.83. The number of benzene rings is 2. The summed E-state index contributed by atoms with van der Waals surface area (Å²) < 4.78 is 31.7. The first-order chi connectivity index (χ1) is 16.6. The number of aromatic nitrogens is 3. The van der Waals surface area contributed by atoms with Crippen LogP contribution in [0.15, 0.2) is 53.6 Å². The molecule has 0 bridgehead atoms. The molecule has 1 unspecified atom stereocenters. The van der Waals surface area contributed by atoms with Crippen LogP contribution in [0.4, 0.5) is 0 Å². The van der Waals surface area contributed by atoms with Crippen LogP contribution < -0.4 is 4.74 Å². The number of aliphatic carboxylic acids is 1. The van der Waals surface area contributed by atoms with Crippen LogP contribution in [-0.4, -0.2) is 52.1 Å². The third-order valence-electron chi connectivity index (χ3n) is 6.30. The molecule has 2 heterocycles. The largest absolute Gasteiger partial charge is 0.487 e. The molecule has 1 aliphatic rings. The zero-order chi connectivity index (χ0) is 25.2. The third kappa shape index (κ3) is 5.84. The van der Waals surface area contributed by atoms with Gasteiger partial charge in [-0.25, -0.2) is 0 Å². The number of ether oxygens (including phenoxy) is 1. The van der Waals surface area contributed by atoms with E-state index in [-0.39, 0.29) is 18.4 Å². The van der Waals surface area contributed by atoms with Crippen molar-refractivity contribution in [3.8, 4) is 5.75 Å². The topological polar surface area (TPSA) is 121 Å². The molecule has 0 saturated heterocycles. The Morgan fingerprint density at radius 1 is 1.26 bits per heavy atom. The lowest BCUT2D eigenvalue weighted by Gasteiger charge is -2.42. The summed E-state index contributed by atoms with van der Waals surface area (Å²) in [6.45, 7) is 4.52. The van der Waals surface area contributed by atoms with Gasteiger partial charge in [-0.3, -0.25) is 18.6 Å². The maximum Gasteiger partial charge on any atom is 0.303 e. The Kier molecular flexibility index (Phi) is 7.46. The summed E-state index contributed by atoms with van der Waals surface area (Å²) in [6, 6.07) is 13.0. The summed E-state index contributed by atoms with van der Waals surface area (Å²) in [5.74, 6) is -0.583. The summed E-state index contributed by atoms with van der Waals surface area (Å²) in [4.78, 5) is 12.0. The van der Waals surface area contributed by atoms with Gasteiger partial charge in [0, 0.05) is 19.8 Å². The fourth-order valence-corrected chi connectivity index (χ4v) is 6.11. The molecular weight excluding hydrogens is 468 g/mol. The van der Waals surface area contributed by atoms with Gasteiger partial charge in [0.15, 0.2) is 0 Å². The van der Waals surface area contributed by atoms with Crippen LogP contribution in [0.3, 0.4) is 0 Å². The monoisotopic (exact) mass is 500 g/mol. The number of carboxylic acid groups (broad SMARTS) is 1. The predicted octanol–water partition coefficient (Wildman–Crippen LogP) is 4.62. The number of nitrogens with zero attached hydrogens (tertiary/aromatic N) is 4. The summed E-state index contributed by atoms with van der Waals surface area (Å²) in [5.41, 5.74) is 3.65. The van der Waals surface area contributed by atoms with Crippen LogP contribution in [0.1, 0.15) is 48.1 Å². The first-order valence-electron chi connectivity index (χ1n) is 11.6. The van der Waals surface area contributed by atoms with E-state index >= 15 is 0 Å². The lowest BCUT2D eigenvalue weighted by atomic mass is 9.88. The molecule has 10 heteroatoms. The Labute approximate surface area is 206 Å². The lowest BCUT2D eigenvalue weighted by molar-refractivity contribution is -0.137. The molecule has 2 aromatic carbocycles. The van der Waals surface area contributed by atoms with Gasteiger partial charge < -0.3 is 9.84 Å². The van der Waals surface area contributed by atoms with Gasteiger partial charge in [0.05, 0.1) is 18.7 Å². The number of carboxylic acids is 1. The maximum absolute atomic E-state index is 11.6. The van der Waals surface area contributed by atoms with E-state index in [9.17, 15) is 19.0 Å². The minimum absolute atomic E-state index is 0.0000850. The van der Waals surface area contributed by atoms with Gasteiger partial charge >= 0.3 is 5.97 Å². The Morgan fingerprint density at radius 2 is 2.03 bits per heavy atom. The molecule has 0 spiro atoms. The number of para-hydroxylation sites is 1. The van der Waals surface area contributed by atoms with Crippen molar-refractivity contribution in [1.82, 2.24) is 19.3 Å². The smallest absolute Gasteiger partial charge is 0.303 e. The first-order valence-corrected chi connectivity index (χ1v) is 13.1. The SMILES string of the molecule is Cc1ccc(C(CCc2cn(C)nn2)CC(=O)O)cc1CN1C[C@@H](C)Oc2ccccc2S1(O)O. The third-order valence-corrected chi connectivity index (χ3v) is 8.23. The van der Waals surface area contributed by atoms with Crippen LogP contribution in [0.25, 0.3) is 0 Å². The predicted molar refractivity (Wildman–Crippen MR) is 134 cm³/mol. The second-order valence-electron chi connectivity index (χ2n) is 9.12. The molecule has 0 aliphatic carbocycles. The summed E-state index contributed by atoms with van der Waals surface area (Å²) in [7, 11) is -1.47. The first kappa shape index (κ1) is 25.2. The van der Waals surface area contributed by atoms with Crippen LogP contribution in [0.5, 0.6) is 5.75 Å². The van der Waals surface area contributed by atoms with Crippen molar-refractivity contribution in [2.24, 2.45) is 7.05 Å². The van der Waals surface area contributed by atoms with Crippen molar-refractivity contribution in [3.05, 3.63) is 71.0 Å². The molecule has 0 radical (unpaired) electrons. The molecule has 3 N–H and O–H groups in total. The van der Waals surface area contributed by atoms with E-state index in [0.717, 1.165) is 22.4 Å². The summed E-state index contributed by atoms with van der Waals surface area (Å²) >= 11 is 0. The highest BCUT2D eigenvalue weighted by Crippen LogP contribution is 2.57. The second kappa shape index (κ2) is 10.4. The molecule has 0 saturated carbocycles. The van der Waals surface area contributed by atoms with Gasteiger partial charge in [0.1, 0.15) is 16.7 Å². The Hall–Kier alpha value is -2.92. The van der Waals surface area contributed by atoms with E-state index in [1.165, 1.54) is 0 Å². The number of hydrogen-bond acceptors (Lipinski definition) is 7. The summed E-state index contributed by atoms with van der Waals surface area (Å²) in [5, 5.41) is 17.6. The number of rotatable bonds is 8. The molecule has 0 fully saturated rings. The number of aryl methyl sites for hydroxylation is 3. The highest BCUT2D eigenvalue weighted by Gasteiger charge is 2.34. The van der Waals surface area contributed by atoms with E-state index in [2.05, 4.69) is 10.3 Å². The Morgan fingerprint density at radius 3 is 2.74 bits per heavy atom. The quantitative estimate of drug-likeness (QED) is 0.410. The van der Waals surface area contributed by atoms with Gasteiger partial charge in [-0.1, -0.05) is 35.5 Å². The van der Waals surface area contributed by atoms with Gasteiger partial charge in [-0.2, -0.15) is 4.31 Å².